The van der Waals surface area contributed by atoms with Crippen LogP contribution in [0.2, 0.25) is 0 Å². The third-order valence-electron chi connectivity index (χ3n) is 4.39. The second-order valence-corrected chi connectivity index (χ2v) is 12.3. The summed E-state index contributed by atoms with van der Waals surface area (Å²) in [5.41, 5.74) is -2.12. The van der Waals surface area contributed by atoms with Crippen LogP contribution in [0.15, 0.2) is 65.6 Å². The summed E-state index contributed by atoms with van der Waals surface area (Å²) in [5.74, 6) is -10.3. The first-order valence-corrected chi connectivity index (χ1v) is 12.6. The molecule has 4 rings (SSSR count). The molecule has 1 heterocycles. The lowest BCUT2D eigenvalue weighted by Gasteiger charge is -2.16. The van der Waals surface area contributed by atoms with E-state index >= 15 is 0 Å². The van der Waals surface area contributed by atoms with Gasteiger partial charge in [-0.25, -0.2) is 22.0 Å². The summed E-state index contributed by atoms with van der Waals surface area (Å²) in [5, 5.41) is 0. The van der Waals surface area contributed by atoms with E-state index in [-0.39, 0.29) is 11.4 Å². The Hall–Kier alpha value is -1.77. The summed E-state index contributed by atoms with van der Waals surface area (Å²) in [6.45, 7) is 0. The van der Waals surface area contributed by atoms with Crippen molar-refractivity contribution in [1.82, 2.24) is 0 Å². The molecule has 1 fully saturated rings. The average molecular weight is 474 g/mol. The predicted molar refractivity (Wildman–Crippen MR) is 107 cm³/mol. The first kappa shape index (κ1) is 21.5. The maximum absolute atomic E-state index is 14.2. The molecule has 0 bridgehead atoms. The zero-order chi connectivity index (χ0) is 21.5. The summed E-state index contributed by atoms with van der Waals surface area (Å²) in [7, 11) is 0. The fourth-order valence-electron chi connectivity index (χ4n) is 2.99. The Morgan fingerprint density at radius 1 is 0.633 bits per heavy atom. The lowest BCUT2D eigenvalue weighted by Crippen LogP contribution is -2.06. The molecule has 0 amide bonds. The van der Waals surface area contributed by atoms with Crippen molar-refractivity contribution in [1.29, 1.82) is 0 Å². The van der Waals surface area contributed by atoms with Gasteiger partial charge >= 0.3 is 0 Å². The highest BCUT2D eigenvalue weighted by Gasteiger charge is 2.45. The van der Waals surface area contributed by atoms with Gasteiger partial charge in [0.15, 0.2) is 23.3 Å². The van der Waals surface area contributed by atoms with Crippen molar-refractivity contribution in [3.8, 4) is 0 Å². The Kier molecular flexibility index (Phi) is 6.01. The van der Waals surface area contributed by atoms with Gasteiger partial charge < -0.3 is 9.05 Å². The van der Waals surface area contributed by atoms with Crippen molar-refractivity contribution >= 4 is 28.9 Å². The van der Waals surface area contributed by atoms with Crippen molar-refractivity contribution < 1.29 is 31.0 Å². The monoisotopic (exact) mass is 474 g/mol. The van der Waals surface area contributed by atoms with E-state index in [9.17, 15) is 22.0 Å². The summed E-state index contributed by atoms with van der Waals surface area (Å²) in [6, 6.07) is 17.8. The normalized spacial score (nSPS) is 23.6. The highest BCUT2D eigenvalue weighted by Crippen LogP contribution is 2.75. The van der Waals surface area contributed by atoms with Crippen LogP contribution in [0.5, 0.6) is 0 Å². The summed E-state index contributed by atoms with van der Waals surface area (Å²) in [6.07, 6.45) is -1.43. The Balaban J connectivity index is 1.74. The lowest BCUT2D eigenvalue weighted by molar-refractivity contribution is 0.159. The Morgan fingerprint density at radius 2 is 1.00 bits per heavy atom. The van der Waals surface area contributed by atoms with E-state index in [1.807, 2.05) is 0 Å². The molecule has 0 radical (unpaired) electrons. The molecule has 10 heteroatoms. The van der Waals surface area contributed by atoms with Gasteiger partial charge in [-0.15, -0.1) is 0 Å². The van der Waals surface area contributed by atoms with Crippen LogP contribution in [0.1, 0.15) is 23.3 Å². The van der Waals surface area contributed by atoms with Crippen molar-refractivity contribution in [2.24, 2.45) is 0 Å². The Bertz CT molecular complexity index is 1050. The van der Waals surface area contributed by atoms with Gasteiger partial charge in [0, 0.05) is 0 Å². The van der Waals surface area contributed by atoms with Crippen LogP contribution in [0.25, 0.3) is 0 Å². The molecule has 3 aromatic carbocycles. The second-order valence-electron chi connectivity index (χ2n) is 6.31. The van der Waals surface area contributed by atoms with Crippen molar-refractivity contribution in [2.45, 2.75) is 17.1 Å². The van der Waals surface area contributed by atoms with Gasteiger partial charge in [0.25, 0.3) is 5.69 Å². The van der Waals surface area contributed by atoms with Gasteiger partial charge in [0.05, 0.1) is 4.90 Å². The van der Waals surface area contributed by atoms with Crippen LogP contribution in [0.4, 0.5) is 22.0 Å². The summed E-state index contributed by atoms with van der Waals surface area (Å²) in [4.78, 5) is -1.12. The molecule has 156 valence electrons. The maximum atomic E-state index is 14.2. The first-order valence-electron chi connectivity index (χ1n) is 8.58. The first-order chi connectivity index (χ1) is 14.3. The minimum absolute atomic E-state index is 0.225. The van der Waals surface area contributed by atoms with E-state index < -0.39 is 51.9 Å². The van der Waals surface area contributed by atoms with Crippen LogP contribution in [0, 0.1) is 29.1 Å². The van der Waals surface area contributed by atoms with Crippen LogP contribution in [0.3, 0.4) is 0 Å². The molecule has 0 aliphatic carbocycles. The zero-order valence-electron chi connectivity index (χ0n) is 14.9. The van der Waals surface area contributed by atoms with Crippen molar-refractivity contribution in [2.75, 3.05) is 0 Å². The molecule has 30 heavy (non-hydrogen) atoms. The molecule has 0 spiro atoms. The van der Waals surface area contributed by atoms with Crippen LogP contribution >= 0.6 is 17.1 Å². The lowest BCUT2D eigenvalue weighted by atomic mass is 9.99. The standard InChI is InChI=1S/C20H12F5O2PS2/c21-13-14(22)16(24)20(17(25)15(13)23)30-28(29)26-18(11-7-3-1-4-8-11)19(27-28)12-9-5-2-6-10-12/h1-10,18-19H/t18-,19+,28?. The van der Waals surface area contributed by atoms with Gasteiger partial charge in [-0.2, -0.15) is 0 Å². The zero-order valence-corrected chi connectivity index (χ0v) is 17.4. The minimum atomic E-state index is -3.53. The fourth-order valence-corrected chi connectivity index (χ4v) is 7.90. The smallest absolute Gasteiger partial charge is 0.253 e. The molecule has 2 nitrogen and oxygen atoms in total. The molecule has 1 aliphatic heterocycles. The highest BCUT2D eigenvalue weighted by atomic mass is 32.9. The molecular weight excluding hydrogens is 462 g/mol. The second kappa shape index (κ2) is 8.40. The molecular formula is C20H12F5O2PS2. The van der Waals surface area contributed by atoms with Gasteiger partial charge in [0.1, 0.15) is 12.2 Å². The maximum Gasteiger partial charge on any atom is 0.253 e. The van der Waals surface area contributed by atoms with Crippen molar-refractivity contribution in [3.05, 3.63) is 101 Å². The van der Waals surface area contributed by atoms with Gasteiger partial charge in [0.2, 0.25) is 5.82 Å². The van der Waals surface area contributed by atoms with Crippen molar-refractivity contribution in [3.63, 3.8) is 0 Å². The number of rotatable bonds is 4. The largest absolute Gasteiger partial charge is 0.310 e. The summed E-state index contributed by atoms with van der Waals surface area (Å²) < 4.78 is 80.8. The van der Waals surface area contributed by atoms with E-state index in [0.29, 0.717) is 11.1 Å². The molecule has 1 unspecified atom stereocenters. The molecule has 3 atom stereocenters. The predicted octanol–water partition coefficient (Wildman–Crippen LogP) is 7.23. The molecule has 0 saturated carbocycles. The fraction of sp³-hybridized carbons (Fsp3) is 0.100. The van der Waals surface area contributed by atoms with E-state index in [2.05, 4.69) is 0 Å². The Morgan fingerprint density at radius 3 is 1.40 bits per heavy atom. The molecule has 0 N–H and O–H groups in total. The average Bonchev–Trinajstić information content (AvgIpc) is 3.13. The number of hydrogen-bond acceptors (Lipinski definition) is 4. The van der Waals surface area contributed by atoms with E-state index in [4.69, 9.17) is 20.9 Å². The van der Waals surface area contributed by atoms with Gasteiger partial charge in [-0.3, -0.25) is 0 Å². The minimum Gasteiger partial charge on any atom is -0.310 e. The van der Waals surface area contributed by atoms with Crippen LogP contribution in [-0.4, -0.2) is 0 Å². The number of hydrogen-bond donors (Lipinski definition) is 0. The van der Waals surface area contributed by atoms with E-state index in [0.717, 1.165) is 0 Å². The van der Waals surface area contributed by atoms with E-state index in [1.165, 1.54) is 0 Å². The number of halogens is 5. The third-order valence-corrected chi connectivity index (χ3v) is 9.05. The van der Waals surface area contributed by atoms with Crippen LogP contribution < -0.4 is 0 Å². The topological polar surface area (TPSA) is 18.5 Å². The van der Waals surface area contributed by atoms with Crippen LogP contribution in [-0.2, 0) is 20.9 Å². The quantitative estimate of drug-likeness (QED) is 0.172. The molecule has 1 saturated heterocycles. The molecule has 0 aromatic heterocycles. The Labute approximate surface area is 177 Å². The third kappa shape index (κ3) is 3.92. The number of benzene rings is 3. The van der Waals surface area contributed by atoms with E-state index in [1.54, 1.807) is 60.7 Å². The summed E-state index contributed by atoms with van der Waals surface area (Å²) >= 11 is 5.62. The highest BCUT2D eigenvalue weighted by molar-refractivity contribution is 8.68. The molecule has 1 aliphatic rings. The van der Waals surface area contributed by atoms with Gasteiger partial charge in [-0.1, -0.05) is 60.7 Å². The SMILES string of the molecule is Fc1c(F)c(F)c(SP2(=S)O[C@H](c3ccccc3)[C@H](c3ccccc3)O2)c(F)c1F. The molecule has 3 aromatic rings. The van der Waals surface area contributed by atoms with Gasteiger partial charge in [-0.05, 0) is 34.3 Å².